The molecule has 5 nitrogen and oxygen atoms in total. The molecule has 2 N–H and O–H groups in total. The van der Waals surface area contributed by atoms with Crippen molar-refractivity contribution in [2.24, 2.45) is 0 Å². The smallest absolute Gasteiger partial charge is 0.341 e. The molecule has 1 aromatic rings. The summed E-state index contributed by atoms with van der Waals surface area (Å²) in [6, 6.07) is 0.528. The standard InChI is InChI=1S/C19H28N2O3S/c1-3-24-19(23)17-14-9-4-5-10-15(14)25-18(17)20-16(22)12-21-11-7-6-8-13(21)2/h13H,3-12H2,1-2H3,(H,20,22)/p+1. The molecule has 25 heavy (non-hydrogen) atoms. The number of piperidine rings is 1. The summed E-state index contributed by atoms with van der Waals surface area (Å²) in [6.07, 6.45) is 7.79. The van der Waals surface area contributed by atoms with Gasteiger partial charge in [-0.05, 0) is 64.4 Å². The molecule has 0 radical (unpaired) electrons. The molecule has 3 rings (SSSR count). The highest BCUT2D eigenvalue weighted by atomic mass is 32.1. The Morgan fingerprint density at radius 2 is 2.04 bits per heavy atom. The number of ether oxygens (including phenoxy) is 1. The first kappa shape index (κ1) is 18.4. The van der Waals surface area contributed by atoms with E-state index >= 15 is 0 Å². The van der Waals surface area contributed by atoms with Gasteiger partial charge in [-0.3, -0.25) is 4.79 Å². The van der Waals surface area contributed by atoms with Crippen molar-refractivity contribution < 1.29 is 19.2 Å². The Kier molecular flexibility index (Phi) is 6.12. The second kappa shape index (κ2) is 8.32. The number of anilines is 1. The molecule has 1 aliphatic heterocycles. The van der Waals surface area contributed by atoms with E-state index < -0.39 is 0 Å². The van der Waals surface area contributed by atoms with Crippen molar-refractivity contribution in [3.05, 3.63) is 16.0 Å². The van der Waals surface area contributed by atoms with Crippen LogP contribution in [0.15, 0.2) is 0 Å². The lowest BCUT2D eigenvalue weighted by molar-refractivity contribution is -0.920. The molecule has 1 fully saturated rings. The van der Waals surface area contributed by atoms with Crippen LogP contribution in [-0.4, -0.2) is 37.6 Å². The highest BCUT2D eigenvalue weighted by molar-refractivity contribution is 7.17. The van der Waals surface area contributed by atoms with Gasteiger partial charge in [0.25, 0.3) is 5.91 Å². The molecule has 0 aromatic carbocycles. The highest BCUT2D eigenvalue weighted by Gasteiger charge is 2.29. The van der Waals surface area contributed by atoms with Gasteiger partial charge in [-0.2, -0.15) is 0 Å². The molecule has 2 unspecified atom stereocenters. The number of carbonyl (C=O) groups excluding carboxylic acids is 2. The van der Waals surface area contributed by atoms with Crippen LogP contribution in [0.4, 0.5) is 5.00 Å². The van der Waals surface area contributed by atoms with Crippen LogP contribution in [0.2, 0.25) is 0 Å². The fraction of sp³-hybridized carbons (Fsp3) is 0.684. The van der Waals surface area contributed by atoms with E-state index in [0.29, 0.717) is 29.8 Å². The van der Waals surface area contributed by atoms with Crippen LogP contribution >= 0.6 is 11.3 Å². The Bertz CT molecular complexity index is 641. The third-order valence-corrected chi connectivity index (χ3v) is 6.58. The quantitative estimate of drug-likeness (QED) is 0.787. The minimum absolute atomic E-state index is 0.00731. The summed E-state index contributed by atoms with van der Waals surface area (Å²) in [5.74, 6) is -0.288. The molecular formula is C19H29N2O3S+. The number of fused-ring (bicyclic) bond motifs is 1. The number of esters is 1. The molecule has 2 heterocycles. The summed E-state index contributed by atoms with van der Waals surface area (Å²) in [7, 11) is 0. The monoisotopic (exact) mass is 365 g/mol. The number of quaternary nitrogens is 1. The van der Waals surface area contributed by atoms with Crippen molar-refractivity contribution in [3.8, 4) is 0 Å². The van der Waals surface area contributed by atoms with Crippen LogP contribution in [-0.2, 0) is 22.4 Å². The number of hydrogen-bond donors (Lipinski definition) is 2. The lowest BCUT2D eigenvalue weighted by Gasteiger charge is -2.29. The first-order valence-electron chi connectivity index (χ1n) is 9.56. The topological polar surface area (TPSA) is 59.8 Å². The predicted molar refractivity (Wildman–Crippen MR) is 99.6 cm³/mol. The van der Waals surface area contributed by atoms with Gasteiger partial charge < -0.3 is 15.0 Å². The molecule has 2 aliphatic rings. The summed E-state index contributed by atoms with van der Waals surface area (Å²) in [6.45, 7) is 5.92. The van der Waals surface area contributed by atoms with Gasteiger partial charge in [0.1, 0.15) is 5.00 Å². The van der Waals surface area contributed by atoms with Gasteiger partial charge >= 0.3 is 5.97 Å². The molecule has 1 aromatic heterocycles. The van der Waals surface area contributed by atoms with Crippen LogP contribution in [0.5, 0.6) is 0 Å². The normalized spacial score (nSPS) is 23.0. The molecule has 1 aliphatic carbocycles. The maximum Gasteiger partial charge on any atom is 0.341 e. The number of likely N-dealkylation sites (tertiary alicyclic amines) is 1. The SMILES string of the molecule is CCOC(=O)c1c(NC(=O)C[NH+]2CCCCC2C)sc2c1CCCC2. The lowest BCUT2D eigenvalue weighted by Crippen LogP contribution is -3.17. The maximum atomic E-state index is 12.6. The Balaban J connectivity index is 1.75. The number of nitrogens with one attached hydrogen (secondary N) is 2. The fourth-order valence-corrected chi connectivity index (χ4v) is 5.26. The van der Waals surface area contributed by atoms with Gasteiger partial charge in [0.15, 0.2) is 6.54 Å². The number of hydrogen-bond acceptors (Lipinski definition) is 4. The fourth-order valence-electron chi connectivity index (χ4n) is 3.97. The first-order chi connectivity index (χ1) is 12.1. The number of aryl methyl sites for hydroxylation is 1. The van der Waals surface area contributed by atoms with Crippen LogP contribution < -0.4 is 10.2 Å². The van der Waals surface area contributed by atoms with Crippen LogP contribution in [0, 0.1) is 0 Å². The van der Waals surface area contributed by atoms with Crippen LogP contribution in [0.1, 0.15) is 66.8 Å². The van der Waals surface area contributed by atoms with E-state index in [4.69, 9.17) is 4.74 Å². The second-order valence-electron chi connectivity index (χ2n) is 7.17. The minimum Gasteiger partial charge on any atom is -0.462 e. The molecule has 1 saturated heterocycles. The molecule has 1 amide bonds. The first-order valence-corrected chi connectivity index (χ1v) is 10.4. The molecule has 6 heteroatoms. The van der Waals surface area contributed by atoms with E-state index in [0.717, 1.165) is 37.8 Å². The third kappa shape index (κ3) is 4.23. The van der Waals surface area contributed by atoms with E-state index in [9.17, 15) is 9.59 Å². The van der Waals surface area contributed by atoms with Crippen molar-refractivity contribution >= 4 is 28.2 Å². The maximum absolute atomic E-state index is 12.6. The second-order valence-corrected chi connectivity index (χ2v) is 8.27. The van der Waals surface area contributed by atoms with Crippen molar-refractivity contribution in [1.82, 2.24) is 0 Å². The molecule has 2 atom stereocenters. The van der Waals surface area contributed by atoms with E-state index in [2.05, 4.69) is 12.2 Å². The van der Waals surface area contributed by atoms with E-state index in [1.807, 2.05) is 6.92 Å². The molecule has 0 saturated carbocycles. The van der Waals surface area contributed by atoms with Crippen molar-refractivity contribution in [3.63, 3.8) is 0 Å². The summed E-state index contributed by atoms with van der Waals surface area (Å²) in [5, 5.41) is 3.73. The zero-order chi connectivity index (χ0) is 17.8. The van der Waals surface area contributed by atoms with Crippen LogP contribution in [0.25, 0.3) is 0 Å². The largest absolute Gasteiger partial charge is 0.462 e. The van der Waals surface area contributed by atoms with E-state index in [1.165, 1.54) is 29.0 Å². The summed E-state index contributed by atoms with van der Waals surface area (Å²) in [4.78, 5) is 27.6. The summed E-state index contributed by atoms with van der Waals surface area (Å²) < 4.78 is 5.25. The third-order valence-electron chi connectivity index (χ3n) is 5.37. The van der Waals surface area contributed by atoms with Gasteiger partial charge in [0.2, 0.25) is 0 Å². The van der Waals surface area contributed by atoms with Gasteiger partial charge in [0, 0.05) is 4.88 Å². The summed E-state index contributed by atoms with van der Waals surface area (Å²) in [5.41, 5.74) is 1.71. The summed E-state index contributed by atoms with van der Waals surface area (Å²) >= 11 is 1.57. The highest BCUT2D eigenvalue weighted by Crippen LogP contribution is 2.38. The van der Waals surface area contributed by atoms with Gasteiger partial charge in [-0.25, -0.2) is 4.79 Å². The van der Waals surface area contributed by atoms with Crippen molar-refractivity contribution in [1.29, 1.82) is 0 Å². The predicted octanol–water partition coefficient (Wildman–Crippen LogP) is 2.20. The zero-order valence-corrected chi connectivity index (χ0v) is 16.1. The number of rotatable bonds is 5. The van der Waals surface area contributed by atoms with Crippen molar-refractivity contribution in [2.75, 3.05) is 25.0 Å². The zero-order valence-electron chi connectivity index (χ0n) is 15.3. The van der Waals surface area contributed by atoms with Crippen LogP contribution in [0.3, 0.4) is 0 Å². The van der Waals surface area contributed by atoms with Crippen molar-refractivity contribution in [2.45, 2.75) is 64.8 Å². The average Bonchev–Trinajstić information content (AvgIpc) is 2.95. The Hall–Kier alpha value is -1.40. The number of carbonyl (C=O) groups is 2. The molecule has 138 valence electrons. The van der Waals surface area contributed by atoms with Gasteiger partial charge in [-0.1, -0.05) is 0 Å². The molecular weight excluding hydrogens is 336 g/mol. The van der Waals surface area contributed by atoms with Gasteiger partial charge in [0.05, 0.1) is 24.8 Å². The Morgan fingerprint density at radius 3 is 2.80 bits per heavy atom. The average molecular weight is 366 g/mol. The number of thiophene rings is 1. The van der Waals surface area contributed by atoms with Gasteiger partial charge in [-0.15, -0.1) is 11.3 Å². The molecule has 0 bridgehead atoms. The Morgan fingerprint density at radius 1 is 1.24 bits per heavy atom. The van der Waals surface area contributed by atoms with E-state index in [1.54, 1.807) is 11.3 Å². The molecule has 0 spiro atoms. The number of amides is 1. The van der Waals surface area contributed by atoms with E-state index in [-0.39, 0.29) is 11.9 Å². The Labute approximate surface area is 153 Å². The minimum atomic E-state index is -0.295. The lowest BCUT2D eigenvalue weighted by atomic mass is 9.95.